The molecule has 0 aliphatic rings. The minimum Gasteiger partial charge on any atom is -0.283 e. The maximum absolute atomic E-state index is 10.1. The Morgan fingerprint density at radius 2 is 1.25 bits per heavy atom. The third-order valence-electron chi connectivity index (χ3n) is 0.345. The maximum atomic E-state index is 10.1. The minimum absolute atomic E-state index is 0.132. The van der Waals surface area contributed by atoms with Gasteiger partial charge in [0.05, 0.1) is 0 Å². The first-order chi connectivity index (χ1) is 3.63. The molecule has 8 heavy (non-hydrogen) atoms. The Hall–Kier alpha value is 0.540. The van der Waals surface area contributed by atoms with Gasteiger partial charge in [0, 0.05) is 45.2 Å². The summed E-state index contributed by atoms with van der Waals surface area (Å²) in [6.07, 6.45) is 2.46. The molecule has 0 aliphatic carbocycles. The van der Waals surface area contributed by atoms with Gasteiger partial charge in [-0.2, -0.15) is 0 Å². The number of hydrogen-bond donors (Lipinski definition) is 0. The Bertz CT molecular complexity index is 123. The second-order valence-electron chi connectivity index (χ2n) is 0.942. The highest BCUT2D eigenvalue weighted by atomic mass is 127. The average molecular weight is 336 g/mol. The molecule has 0 atom stereocenters. The molecular weight excluding hydrogens is 334 g/mol. The molecule has 0 N–H and O–H groups in total. The molecule has 0 heterocycles. The molecular formula is C4H2I2O2. The third kappa shape index (κ3) is 6.54. The highest BCUT2D eigenvalue weighted by Crippen LogP contribution is 1.91. The fraction of sp³-hybridized carbons (Fsp3) is 0. The summed E-state index contributed by atoms with van der Waals surface area (Å²) < 4.78 is -0.264. The molecule has 2 nitrogen and oxygen atoms in total. The maximum Gasteiger partial charge on any atom is 0.215 e. The lowest BCUT2D eigenvalue weighted by atomic mass is 10.6. The largest absolute Gasteiger partial charge is 0.283 e. The smallest absolute Gasteiger partial charge is 0.215 e. The van der Waals surface area contributed by atoms with Crippen molar-refractivity contribution < 1.29 is 9.59 Å². The zero-order valence-electron chi connectivity index (χ0n) is 3.73. The highest BCUT2D eigenvalue weighted by Gasteiger charge is 1.86. The fourth-order valence-corrected chi connectivity index (χ4v) is 0.491. The molecule has 0 rings (SSSR count). The molecule has 0 bridgehead atoms. The lowest BCUT2D eigenvalue weighted by Crippen LogP contribution is -1.78. The van der Waals surface area contributed by atoms with Crippen LogP contribution in [0.1, 0.15) is 0 Å². The third-order valence-corrected chi connectivity index (χ3v) is 1.06. The zero-order valence-corrected chi connectivity index (χ0v) is 8.04. The topological polar surface area (TPSA) is 34.1 Å². The van der Waals surface area contributed by atoms with Crippen LogP contribution in [0.15, 0.2) is 12.2 Å². The predicted molar refractivity (Wildman–Crippen MR) is 47.2 cm³/mol. The van der Waals surface area contributed by atoms with Crippen LogP contribution in [0, 0.1) is 0 Å². The Morgan fingerprint density at radius 1 is 1.00 bits per heavy atom. The fourth-order valence-electron chi connectivity index (χ4n) is 0.131. The van der Waals surface area contributed by atoms with E-state index >= 15 is 0 Å². The molecule has 0 aromatic heterocycles. The van der Waals surface area contributed by atoms with Crippen LogP contribution in [0.5, 0.6) is 0 Å². The molecule has 0 spiro atoms. The SMILES string of the molecule is O=C(I)/C=C/C(=O)I. The number of halogens is 2. The van der Waals surface area contributed by atoms with E-state index in [2.05, 4.69) is 0 Å². The van der Waals surface area contributed by atoms with Crippen LogP contribution in [0.3, 0.4) is 0 Å². The zero-order chi connectivity index (χ0) is 6.57. The quantitative estimate of drug-likeness (QED) is 0.435. The van der Waals surface area contributed by atoms with E-state index in [4.69, 9.17) is 0 Å². The molecule has 44 valence electrons. The van der Waals surface area contributed by atoms with Gasteiger partial charge in [-0.1, -0.05) is 0 Å². The lowest BCUT2D eigenvalue weighted by Gasteiger charge is -1.71. The predicted octanol–water partition coefficient (Wildman–Crippen LogP) is 1.47. The molecule has 4 heteroatoms. The number of rotatable bonds is 2. The van der Waals surface area contributed by atoms with E-state index in [1.54, 1.807) is 45.2 Å². The molecule has 0 aliphatic heterocycles. The van der Waals surface area contributed by atoms with Crippen LogP contribution in [0.25, 0.3) is 0 Å². The average Bonchev–Trinajstić information content (AvgIpc) is 1.61. The van der Waals surface area contributed by atoms with Crippen molar-refractivity contribution in [2.45, 2.75) is 0 Å². The molecule has 0 radical (unpaired) electrons. The van der Waals surface area contributed by atoms with Gasteiger partial charge in [-0.25, -0.2) is 0 Å². The van der Waals surface area contributed by atoms with Crippen molar-refractivity contribution >= 4 is 52.8 Å². The van der Waals surface area contributed by atoms with E-state index in [9.17, 15) is 9.59 Å². The summed E-state index contributed by atoms with van der Waals surface area (Å²) in [5, 5.41) is 0. The van der Waals surface area contributed by atoms with Gasteiger partial charge >= 0.3 is 0 Å². The second kappa shape index (κ2) is 4.42. The molecule has 0 saturated heterocycles. The van der Waals surface area contributed by atoms with Gasteiger partial charge in [0.25, 0.3) is 0 Å². The van der Waals surface area contributed by atoms with E-state index in [1.165, 1.54) is 12.2 Å². The number of carbonyl (C=O) groups excluding carboxylic acids is 2. The summed E-state index contributed by atoms with van der Waals surface area (Å²) in [4.78, 5) is 20.2. The van der Waals surface area contributed by atoms with Crippen molar-refractivity contribution in [2.75, 3.05) is 0 Å². The van der Waals surface area contributed by atoms with Gasteiger partial charge in [0.2, 0.25) is 7.58 Å². The molecule has 0 aromatic rings. The van der Waals surface area contributed by atoms with E-state index in [1.807, 2.05) is 0 Å². The van der Waals surface area contributed by atoms with Crippen LogP contribution in [-0.2, 0) is 9.59 Å². The van der Waals surface area contributed by atoms with Crippen molar-refractivity contribution in [3.8, 4) is 0 Å². The Balaban J connectivity index is 3.67. The van der Waals surface area contributed by atoms with E-state index in [0.29, 0.717) is 0 Å². The Kier molecular flexibility index (Phi) is 4.72. The van der Waals surface area contributed by atoms with E-state index < -0.39 is 0 Å². The standard InChI is InChI=1S/C4H2I2O2/c5-3(7)1-2-4(6)8/h1-2H/b2-1+. The van der Waals surface area contributed by atoms with Crippen molar-refractivity contribution in [3.63, 3.8) is 0 Å². The number of allylic oxidation sites excluding steroid dienone is 2. The van der Waals surface area contributed by atoms with Gasteiger partial charge in [0.15, 0.2) is 0 Å². The van der Waals surface area contributed by atoms with Gasteiger partial charge in [-0.3, -0.25) is 9.59 Å². The van der Waals surface area contributed by atoms with Crippen LogP contribution in [-0.4, -0.2) is 7.58 Å². The summed E-state index contributed by atoms with van der Waals surface area (Å²) >= 11 is 3.19. The summed E-state index contributed by atoms with van der Waals surface area (Å²) in [6.45, 7) is 0. The summed E-state index contributed by atoms with van der Waals surface area (Å²) in [5.74, 6) is 0. The normalized spacial score (nSPS) is 9.75. The summed E-state index contributed by atoms with van der Waals surface area (Å²) in [6, 6.07) is 0. The molecule has 0 unspecified atom stereocenters. The minimum atomic E-state index is -0.132. The van der Waals surface area contributed by atoms with E-state index in [-0.39, 0.29) is 7.58 Å². The lowest BCUT2D eigenvalue weighted by molar-refractivity contribution is -0.107. The van der Waals surface area contributed by atoms with Crippen LogP contribution in [0.2, 0.25) is 0 Å². The summed E-state index contributed by atoms with van der Waals surface area (Å²) in [7, 11) is 0. The van der Waals surface area contributed by atoms with Crippen LogP contribution < -0.4 is 0 Å². The van der Waals surface area contributed by atoms with Gasteiger partial charge in [-0.05, 0) is 12.2 Å². The first kappa shape index (κ1) is 8.54. The van der Waals surface area contributed by atoms with Crippen molar-refractivity contribution in [2.24, 2.45) is 0 Å². The molecule has 0 amide bonds. The first-order valence-corrected chi connectivity index (χ1v) is 3.85. The monoisotopic (exact) mass is 336 g/mol. The van der Waals surface area contributed by atoms with Crippen LogP contribution in [0.4, 0.5) is 0 Å². The van der Waals surface area contributed by atoms with Crippen molar-refractivity contribution in [1.29, 1.82) is 0 Å². The Morgan fingerprint density at radius 3 is 1.38 bits per heavy atom. The second-order valence-corrected chi connectivity index (χ2v) is 3.07. The summed E-state index contributed by atoms with van der Waals surface area (Å²) in [5.41, 5.74) is 0. The van der Waals surface area contributed by atoms with Crippen molar-refractivity contribution in [1.82, 2.24) is 0 Å². The molecule has 0 saturated carbocycles. The number of hydrogen-bond acceptors (Lipinski definition) is 2. The van der Waals surface area contributed by atoms with Crippen molar-refractivity contribution in [3.05, 3.63) is 12.2 Å². The first-order valence-electron chi connectivity index (χ1n) is 1.70. The van der Waals surface area contributed by atoms with Gasteiger partial charge in [-0.15, -0.1) is 0 Å². The van der Waals surface area contributed by atoms with E-state index in [0.717, 1.165) is 0 Å². The molecule has 0 fully saturated rings. The van der Waals surface area contributed by atoms with Gasteiger partial charge < -0.3 is 0 Å². The molecule has 0 aromatic carbocycles. The van der Waals surface area contributed by atoms with Crippen LogP contribution >= 0.6 is 45.2 Å². The number of carbonyl (C=O) groups is 2. The van der Waals surface area contributed by atoms with Gasteiger partial charge in [0.1, 0.15) is 0 Å². The Labute approximate surface area is 74.0 Å². The highest BCUT2D eigenvalue weighted by molar-refractivity contribution is 14.1.